The minimum Gasteiger partial charge on any atom is -0.493 e. The second-order valence-corrected chi connectivity index (χ2v) is 4.53. The molecule has 1 aromatic rings. The molecule has 17 heavy (non-hydrogen) atoms. The predicted octanol–water partition coefficient (Wildman–Crippen LogP) is 2.62. The summed E-state index contributed by atoms with van der Waals surface area (Å²) in [6, 6.07) is 6.18. The van der Waals surface area contributed by atoms with Gasteiger partial charge in [-0.25, -0.2) is 0 Å². The molecule has 3 heteroatoms. The first-order valence-corrected chi connectivity index (χ1v) is 6.13. The fourth-order valence-electron chi connectivity index (χ4n) is 1.62. The van der Waals surface area contributed by atoms with E-state index in [9.17, 15) is 0 Å². The third-order valence-electron chi connectivity index (χ3n) is 2.86. The maximum absolute atomic E-state index is 6.07. The van der Waals surface area contributed by atoms with Crippen molar-refractivity contribution >= 4 is 0 Å². The van der Waals surface area contributed by atoms with Crippen molar-refractivity contribution in [3.63, 3.8) is 0 Å². The number of hydrogen-bond donors (Lipinski definition) is 1. The highest BCUT2D eigenvalue weighted by Gasteiger charge is 2.11. The van der Waals surface area contributed by atoms with Gasteiger partial charge in [-0.1, -0.05) is 19.9 Å². The molecule has 1 unspecified atom stereocenters. The molecule has 3 nitrogen and oxygen atoms in total. The SMILES string of the molecule is CCOc1cc(CC(N)C(C)C)ccc1OC. The van der Waals surface area contributed by atoms with Gasteiger partial charge in [0.2, 0.25) is 0 Å². The number of benzene rings is 1. The summed E-state index contributed by atoms with van der Waals surface area (Å²) < 4.78 is 10.8. The lowest BCUT2D eigenvalue weighted by Crippen LogP contribution is -2.28. The molecule has 1 aromatic carbocycles. The lowest BCUT2D eigenvalue weighted by atomic mass is 9.97. The Morgan fingerprint density at radius 3 is 2.47 bits per heavy atom. The molecule has 2 N–H and O–H groups in total. The van der Waals surface area contributed by atoms with E-state index in [4.69, 9.17) is 15.2 Å². The average molecular weight is 237 g/mol. The van der Waals surface area contributed by atoms with Crippen molar-refractivity contribution in [2.75, 3.05) is 13.7 Å². The minimum atomic E-state index is 0.179. The minimum absolute atomic E-state index is 0.179. The Labute approximate surface area is 104 Å². The third kappa shape index (κ3) is 3.93. The molecule has 1 atom stereocenters. The summed E-state index contributed by atoms with van der Waals surface area (Å²) in [6.07, 6.45) is 0.863. The largest absolute Gasteiger partial charge is 0.493 e. The van der Waals surface area contributed by atoms with E-state index in [0.29, 0.717) is 12.5 Å². The number of rotatable bonds is 6. The number of nitrogens with two attached hydrogens (primary N) is 1. The Bertz CT molecular complexity index is 350. The molecule has 96 valence electrons. The summed E-state index contributed by atoms with van der Waals surface area (Å²) in [6.45, 7) is 6.87. The van der Waals surface area contributed by atoms with Gasteiger partial charge in [0, 0.05) is 6.04 Å². The van der Waals surface area contributed by atoms with Gasteiger partial charge in [0.25, 0.3) is 0 Å². The zero-order valence-electron chi connectivity index (χ0n) is 11.2. The Morgan fingerprint density at radius 1 is 1.24 bits per heavy atom. The fraction of sp³-hybridized carbons (Fsp3) is 0.571. The zero-order chi connectivity index (χ0) is 12.8. The van der Waals surface area contributed by atoms with Crippen LogP contribution in [-0.2, 0) is 6.42 Å². The van der Waals surface area contributed by atoms with Gasteiger partial charge in [-0.2, -0.15) is 0 Å². The average Bonchev–Trinajstić information content (AvgIpc) is 2.29. The Hall–Kier alpha value is -1.22. The first-order chi connectivity index (χ1) is 8.08. The van der Waals surface area contributed by atoms with Crippen LogP contribution < -0.4 is 15.2 Å². The van der Waals surface area contributed by atoms with Crippen LogP contribution in [0.1, 0.15) is 26.3 Å². The molecule has 0 saturated heterocycles. The lowest BCUT2D eigenvalue weighted by molar-refractivity contribution is 0.310. The quantitative estimate of drug-likeness (QED) is 0.827. The molecule has 0 heterocycles. The van der Waals surface area contributed by atoms with E-state index in [1.165, 1.54) is 5.56 Å². The van der Waals surface area contributed by atoms with E-state index in [-0.39, 0.29) is 6.04 Å². The van der Waals surface area contributed by atoms with Crippen LogP contribution >= 0.6 is 0 Å². The van der Waals surface area contributed by atoms with Crippen molar-refractivity contribution in [2.24, 2.45) is 11.7 Å². The number of ether oxygens (including phenoxy) is 2. The highest BCUT2D eigenvalue weighted by molar-refractivity contribution is 5.43. The van der Waals surface area contributed by atoms with Crippen LogP contribution in [-0.4, -0.2) is 19.8 Å². The van der Waals surface area contributed by atoms with Gasteiger partial charge >= 0.3 is 0 Å². The first-order valence-electron chi connectivity index (χ1n) is 6.13. The maximum Gasteiger partial charge on any atom is 0.161 e. The van der Waals surface area contributed by atoms with Crippen LogP contribution in [0.3, 0.4) is 0 Å². The predicted molar refractivity (Wildman–Crippen MR) is 70.7 cm³/mol. The van der Waals surface area contributed by atoms with Crippen LogP contribution in [0.25, 0.3) is 0 Å². The highest BCUT2D eigenvalue weighted by atomic mass is 16.5. The molecule has 0 bridgehead atoms. The van der Waals surface area contributed by atoms with Gasteiger partial charge in [-0.05, 0) is 37.0 Å². The molecule has 0 aliphatic carbocycles. The van der Waals surface area contributed by atoms with E-state index in [1.807, 2.05) is 25.1 Å². The summed E-state index contributed by atoms with van der Waals surface area (Å²) in [5.41, 5.74) is 7.26. The van der Waals surface area contributed by atoms with E-state index < -0.39 is 0 Å². The van der Waals surface area contributed by atoms with Crippen molar-refractivity contribution in [1.29, 1.82) is 0 Å². The lowest BCUT2D eigenvalue weighted by Gasteiger charge is -2.17. The van der Waals surface area contributed by atoms with Crippen molar-refractivity contribution in [3.05, 3.63) is 23.8 Å². The molecule has 0 aliphatic rings. The van der Waals surface area contributed by atoms with Crippen molar-refractivity contribution in [2.45, 2.75) is 33.2 Å². The molecule has 0 fully saturated rings. The number of hydrogen-bond acceptors (Lipinski definition) is 3. The maximum atomic E-state index is 6.07. The molecule has 0 amide bonds. The molecular weight excluding hydrogens is 214 g/mol. The summed E-state index contributed by atoms with van der Waals surface area (Å²) in [7, 11) is 1.65. The molecule has 1 rings (SSSR count). The Kier molecular flexibility index (Phi) is 5.29. The van der Waals surface area contributed by atoms with Gasteiger partial charge in [-0.15, -0.1) is 0 Å². The van der Waals surface area contributed by atoms with Crippen LogP contribution in [0.5, 0.6) is 11.5 Å². The number of methoxy groups -OCH3 is 1. The Morgan fingerprint density at radius 2 is 1.94 bits per heavy atom. The van der Waals surface area contributed by atoms with Crippen molar-refractivity contribution in [3.8, 4) is 11.5 Å². The van der Waals surface area contributed by atoms with Gasteiger partial charge in [0.15, 0.2) is 11.5 Å². The fourth-order valence-corrected chi connectivity index (χ4v) is 1.62. The van der Waals surface area contributed by atoms with Crippen LogP contribution in [0.4, 0.5) is 0 Å². The van der Waals surface area contributed by atoms with Crippen molar-refractivity contribution in [1.82, 2.24) is 0 Å². The smallest absolute Gasteiger partial charge is 0.161 e. The second-order valence-electron chi connectivity index (χ2n) is 4.53. The Balaban J connectivity index is 2.84. The summed E-state index contributed by atoms with van der Waals surface area (Å²) in [4.78, 5) is 0. The van der Waals surface area contributed by atoms with E-state index >= 15 is 0 Å². The normalized spacial score (nSPS) is 12.6. The first kappa shape index (κ1) is 13.8. The summed E-state index contributed by atoms with van der Waals surface area (Å²) in [5, 5.41) is 0. The van der Waals surface area contributed by atoms with E-state index in [1.54, 1.807) is 7.11 Å². The third-order valence-corrected chi connectivity index (χ3v) is 2.86. The van der Waals surface area contributed by atoms with Crippen LogP contribution in [0, 0.1) is 5.92 Å². The molecule has 0 aliphatic heterocycles. The van der Waals surface area contributed by atoms with Gasteiger partial charge < -0.3 is 15.2 Å². The van der Waals surface area contributed by atoms with Gasteiger partial charge in [0.05, 0.1) is 13.7 Å². The molecule has 0 aromatic heterocycles. The molecular formula is C14H23NO2. The highest BCUT2D eigenvalue weighted by Crippen LogP contribution is 2.28. The van der Waals surface area contributed by atoms with Crippen molar-refractivity contribution < 1.29 is 9.47 Å². The zero-order valence-corrected chi connectivity index (χ0v) is 11.2. The summed E-state index contributed by atoms with van der Waals surface area (Å²) >= 11 is 0. The molecule has 0 radical (unpaired) electrons. The van der Waals surface area contributed by atoms with Gasteiger partial charge in [-0.3, -0.25) is 0 Å². The van der Waals surface area contributed by atoms with E-state index in [0.717, 1.165) is 17.9 Å². The standard InChI is InChI=1S/C14H23NO2/c1-5-17-14-9-11(6-7-13(14)16-4)8-12(15)10(2)3/h6-7,9-10,12H,5,8,15H2,1-4H3. The molecule has 0 saturated carbocycles. The van der Waals surface area contributed by atoms with Crippen LogP contribution in [0.2, 0.25) is 0 Å². The van der Waals surface area contributed by atoms with Gasteiger partial charge in [0.1, 0.15) is 0 Å². The molecule has 0 spiro atoms. The second kappa shape index (κ2) is 6.50. The summed E-state index contributed by atoms with van der Waals surface area (Å²) in [5.74, 6) is 2.05. The van der Waals surface area contributed by atoms with E-state index in [2.05, 4.69) is 13.8 Å². The topological polar surface area (TPSA) is 44.5 Å². The monoisotopic (exact) mass is 237 g/mol. The van der Waals surface area contributed by atoms with Crippen LogP contribution in [0.15, 0.2) is 18.2 Å².